The summed E-state index contributed by atoms with van der Waals surface area (Å²) in [5, 5.41) is 14.7. The summed E-state index contributed by atoms with van der Waals surface area (Å²) in [5.74, 6) is 0.887. The van der Waals surface area contributed by atoms with Gasteiger partial charge in [0, 0.05) is 99.9 Å². The maximum absolute atomic E-state index is 13.5. The average Bonchev–Trinajstić information content (AvgIpc) is 3.54. The number of ether oxygens (including phenoxy) is 1. The molecule has 3 saturated heterocycles. The number of carbonyl (C=O) groups is 2. The van der Waals surface area contributed by atoms with Gasteiger partial charge in [-0.25, -0.2) is 4.98 Å². The van der Waals surface area contributed by atoms with Gasteiger partial charge in [-0.05, 0) is 92.6 Å². The maximum atomic E-state index is 13.5. The first kappa shape index (κ1) is 43.7. The van der Waals surface area contributed by atoms with Crippen LogP contribution in [-0.2, 0) is 27.1 Å². The van der Waals surface area contributed by atoms with E-state index < -0.39 is 7.14 Å². The Hall–Kier alpha value is -4.96. The number of halogens is 1. The molecule has 3 aromatic heterocycles. The molecule has 1 atom stereocenters. The van der Waals surface area contributed by atoms with Gasteiger partial charge in [0.1, 0.15) is 24.2 Å². The Morgan fingerprint density at radius 1 is 0.935 bits per heavy atom. The molecule has 5 aromatic rings. The number of methoxy groups -OCH3 is 1. The Balaban J connectivity index is 0.875. The lowest BCUT2D eigenvalue weighted by atomic mass is 9.89. The molecule has 8 rings (SSSR count). The molecule has 0 radical (unpaired) electrons. The number of imide groups is 1. The third-order valence-electron chi connectivity index (χ3n) is 12.6. The number of piperazine rings is 1. The lowest BCUT2D eigenvalue weighted by Gasteiger charge is -2.43. The molecule has 328 valence electrons. The van der Waals surface area contributed by atoms with Crippen LogP contribution in [-0.4, -0.2) is 124 Å². The Morgan fingerprint density at radius 2 is 1.69 bits per heavy atom. The fourth-order valence-corrected chi connectivity index (χ4v) is 11.0. The van der Waals surface area contributed by atoms with Crippen molar-refractivity contribution in [3.05, 3.63) is 69.8 Å². The topological polar surface area (TPSA) is 176 Å². The van der Waals surface area contributed by atoms with Gasteiger partial charge in [-0.1, -0.05) is 6.92 Å². The van der Waals surface area contributed by atoms with Crippen molar-refractivity contribution in [3.8, 4) is 5.75 Å². The lowest BCUT2D eigenvalue weighted by molar-refractivity contribution is -0.134. The molecule has 0 aliphatic carbocycles. The van der Waals surface area contributed by atoms with Crippen LogP contribution in [0.2, 0.25) is 0 Å². The fraction of sp³-hybridized carbons (Fsp3) is 0.477. The molecule has 3 N–H and O–H groups in total. The molecule has 3 fully saturated rings. The Bertz CT molecular complexity index is 2530. The third-order valence-corrected chi connectivity index (χ3v) is 14.7. The summed E-state index contributed by atoms with van der Waals surface area (Å²) in [6, 6.07) is 8.55. The van der Waals surface area contributed by atoms with E-state index in [1.807, 2.05) is 30.7 Å². The third kappa shape index (κ3) is 9.22. The number of hydrogen-bond acceptors (Lipinski definition) is 14. The average molecular weight is 928 g/mol. The molecule has 3 aliphatic rings. The van der Waals surface area contributed by atoms with Crippen molar-refractivity contribution in [3.63, 3.8) is 0 Å². The van der Waals surface area contributed by atoms with Crippen LogP contribution in [0.3, 0.4) is 0 Å². The Morgan fingerprint density at radius 3 is 2.40 bits per heavy atom. The molecule has 2 aromatic carbocycles. The normalized spacial score (nSPS) is 18.3. The molecule has 2 amide bonds. The highest BCUT2D eigenvalue weighted by atomic mass is 79.9. The van der Waals surface area contributed by atoms with Crippen LogP contribution >= 0.6 is 23.1 Å². The van der Waals surface area contributed by atoms with Crippen molar-refractivity contribution in [1.82, 2.24) is 44.8 Å². The summed E-state index contributed by atoms with van der Waals surface area (Å²) in [6.07, 6.45) is 8.88. The number of amides is 2. The highest BCUT2D eigenvalue weighted by molar-refractivity contribution is 9.10. The van der Waals surface area contributed by atoms with E-state index in [4.69, 9.17) is 14.8 Å². The molecular formula is C44H56BrN12O4P. The number of rotatable bonds is 13. The van der Waals surface area contributed by atoms with Crippen molar-refractivity contribution in [2.75, 3.05) is 81.8 Å². The van der Waals surface area contributed by atoms with E-state index >= 15 is 0 Å². The molecule has 0 spiro atoms. The SMILES string of the molecule is CCc1cc(Nc2ncc(Br)c(Nc3ccc4nccnc4c3P(C)(C)=O)n2)c(OC)cc1N1CCC(N2CCN(CCn3nc(C)c(C4CCC(=O)NC4=O)c3C)CC2)CC1. The van der Waals surface area contributed by atoms with Crippen LogP contribution in [0.5, 0.6) is 5.75 Å². The number of aromatic nitrogens is 6. The van der Waals surface area contributed by atoms with Crippen molar-refractivity contribution >= 4 is 80.1 Å². The highest BCUT2D eigenvalue weighted by Gasteiger charge is 2.33. The second-order valence-corrected chi connectivity index (χ2v) is 20.8. The van der Waals surface area contributed by atoms with Crippen molar-refractivity contribution in [1.29, 1.82) is 0 Å². The quantitative estimate of drug-likeness (QED) is 0.0912. The van der Waals surface area contributed by atoms with Gasteiger partial charge in [0.15, 0.2) is 0 Å². The minimum atomic E-state index is -2.77. The molecule has 6 heterocycles. The van der Waals surface area contributed by atoms with E-state index in [-0.39, 0.29) is 17.7 Å². The second kappa shape index (κ2) is 18.4. The van der Waals surface area contributed by atoms with Crippen LogP contribution in [0.4, 0.5) is 28.8 Å². The first-order chi connectivity index (χ1) is 29.8. The number of benzene rings is 2. The zero-order valence-electron chi connectivity index (χ0n) is 36.4. The summed E-state index contributed by atoms with van der Waals surface area (Å²) >= 11 is 3.60. The standard InChI is InChI=1S/C44H56BrN12O4P/c1-7-29-24-35(50-44-48-26-32(45)42(52-44)49-34-10-9-33-40(47-15-14-46-33)41(34)62(5,6)60)37(61-4)25-36(29)56-16-12-30(13-17-56)55-21-18-54(19-22-55)20-23-57-28(3)39(27(2)53-57)31-8-11-38(58)51-43(31)59/h9-10,14-15,24-26,30-31H,7-8,11-13,16-23H2,1-6H3,(H,51,58,59)(H2,48,49,50,52). The predicted molar refractivity (Wildman–Crippen MR) is 247 cm³/mol. The van der Waals surface area contributed by atoms with E-state index in [1.54, 1.807) is 39.0 Å². The molecule has 0 bridgehead atoms. The van der Waals surface area contributed by atoms with Gasteiger partial charge >= 0.3 is 0 Å². The molecule has 18 heteroatoms. The molecular weight excluding hydrogens is 871 g/mol. The van der Waals surface area contributed by atoms with Gasteiger partial charge in [-0.3, -0.25) is 39.4 Å². The number of aryl methyl sites for hydroxylation is 2. The van der Waals surface area contributed by atoms with Crippen molar-refractivity contribution in [2.24, 2.45) is 0 Å². The maximum Gasteiger partial charge on any atom is 0.234 e. The number of nitrogens with one attached hydrogen (secondary N) is 3. The highest BCUT2D eigenvalue weighted by Crippen LogP contribution is 2.42. The van der Waals surface area contributed by atoms with Crippen LogP contribution in [0.15, 0.2) is 47.3 Å². The summed E-state index contributed by atoms with van der Waals surface area (Å²) in [5.41, 5.74) is 7.97. The van der Waals surface area contributed by atoms with Gasteiger partial charge < -0.3 is 24.8 Å². The summed E-state index contributed by atoms with van der Waals surface area (Å²) in [6.45, 7) is 17.4. The summed E-state index contributed by atoms with van der Waals surface area (Å²) in [4.78, 5) is 50.3. The largest absolute Gasteiger partial charge is 0.494 e. The minimum Gasteiger partial charge on any atom is -0.494 e. The molecule has 1 unspecified atom stereocenters. The van der Waals surface area contributed by atoms with Crippen LogP contribution in [0.25, 0.3) is 11.0 Å². The van der Waals surface area contributed by atoms with Crippen molar-refractivity contribution < 1.29 is 18.9 Å². The van der Waals surface area contributed by atoms with Gasteiger partial charge in [0.25, 0.3) is 0 Å². The van der Waals surface area contributed by atoms with Gasteiger partial charge in [0.2, 0.25) is 17.8 Å². The van der Waals surface area contributed by atoms with Gasteiger partial charge in [-0.15, -0.1) is 0 Å². The van der Waals surface area contributed by atoms with E-state index in [2.05, 4.69) is 80.6 Å². The Labute approximate surface area is 371 Å². The number of hydrogen-bond donors (Lipinski definition) is 3. The minimum absolute atomic E-state index is 0.194. The summed E-state index contributed by atoms with van der Waals surface area (Å²) < 4.78 is 22.2. The van der Waals surface area contributed by atoms with E-state index in [0.29, 0.717) is 62.9 Å². The fourth-order valence-electron chi connectivity index (χ4n) is 9.35. The van der Waals surface area contributed by atoms with E-state index in [0.717, 1.165) is 94.3 Å². The molecule has 16 nitrogen and oxygen atoms in total. The second-order valence-electron chi connectivity index (χ2n) is 16.8. The van der Waals surface area contributed by atoms with E-state index in [9.17, 15) is 14.2 Å². The molecule has 3 aliphatic heterocycles. The number of anilines is 5. The number of piperidine rings is 2. The smallest absolute Gasteiger partial charge is 0.234 e. The first-order valence-electron chi connectivity index (χ1n) is 21.5. The lowest BCUT2D eigenvalue weighted by Crippen LogP contribution is -2.53. The number of nitrogens with zero attached hydrogens (tertiary/aromatic N) is 9. The molecule has 62 heavy (non-hydrogen) atoms. The zero-order chi connectivity index (χ0) is 43.7. The molecule has 0 saturated carbocycles. The van der Waals surface area contributed by atoms with Crippen LogP contribution < -0.4 is 30.9 Å². The Kier molecular flexibility index (Phi) is 13.0. The van der Waals surface area contributed by atoms with Gasteiger partial charge in [0.05, 0.1) is 51.9 Å². The van der Waals surface area contributed by atoms with Gasteiger partial charge in [-0.2, -0.15) is 10.1 Å². The monoisotopic (exact) mass is 926 g/mol. The first-order valence-corrected chi connectivity index (χ1v) is 24.9. The predicted octanol–water partition coefficient (Wildman–Crippen LogP) is 6.11. The van der Waals surface area contributed by atoms with Crippen molar-refractivity contribution in [2.45, 2.75) is 71.4 Å². The van der Waals surface area contributed by atoms with E-state index in [1.165, 1.54) is 11.3 Å². The van der Waals surface area contributed by atoms with Crippen LogP contribution in [0.1, 0.15) is 61.0 Å². The summed E-state index contributed by atoms with van der Waals surface area (Å²) in [7, 11) is -1.08. The van der Waals surface area contributed by atoms with Crippen LogP contribution in [0, 0.1) is 13.8 Å². The zero-order valence-corrected chi connectivity index (χ0v) is 38.9. The number of carbonyl (C=O) groups excluding carboxylic acids is 2. The number of fused-ring (bicyclic) bond motifs is 1.